The summed E-state index contributed by atoms with van der Waals surface area (Å²) in [6, 6.07) is 7.70. The van der Waals surface area contributed by atoms with Crippen molar-refractivity contribution in [3.05, 3.63) is 70.1 Å². The molecule has 0 heterocycles. The van der Waals surface area contributed by atoms with Crippen molar-refractivity contribution in [2.24, 2.45) is 4.99 Å². The average molecular weight is 292 g/mol. The van der Waals surface area contributed by atoms with Gasteiger partial charge in [0.25, 0.3) is 0 Å². The van der Waals surface area contributed by atoms with Crippen LogP contribution in [-0.2, 0) is 0 Å². The maximum Gasteiger partial charge on any atom is 0.125 e. The van der Waals surface area contributed by atoms with Gasteiger partial charge in [-0.05, 0) is 32.4 Å². The normalized spacial score (nSPS) is 12.3. The standard InChI is InChI=1S/C17H19ClFN/c1-11(2)16(18)10-15(13(4)19)17(20-5)14-9-7-6-8-12(14)3/h6-10H,4H2,1-3,5H3/b15-10+,20-17?. The fourth-order valence-electron chi connectivity index (χ4n) is 1.77. The minimum atomic E-state index is -0.548. The second-order valence-corrected chi connectivity index (χ2v) is 5.11. The zero-order valence-corrected chi connectivity index (χ0v) is 13.1. The molecule has 106 valence electrons. The smallest absolute Gasteiger partial charge is 0.125 e. The van der Waals surface area contributed by atoms with Gasteiger partial charge in [0, 0.05) is 23.2 Å². The molecule has 0 aliphatic carbocycles. The van der Waals surface area contributed by atoms with Gasteiger partial charge >= 0.3 is 0 Å². The molecule has 0 saturated carbocycles. The van der Waals surface area contributed by atoms with E-state index in [1.807, 2.05) is 45.0 Å². The van der Waals surface area contributed by atoms with Crippen molar-refractivity contribution in [1.82, 2.24) is 0 Å². The van der Waals surface area contributed by atoms with E-state index in [0.29, 0.717) is 16.3 Å². The first-order chi connectivity index (χ1) is 9.38. The summed E-state index contributed by atoms with van der Waals surface area (Å²) in [4.78, 5) is 4.22. The van der Waals surface area contributed by atoms with E-state index in [1.54, 1.807) is 13.1 Å². The molecule has 0 spiro atoms. The van der Waals surface area contributed by atoms with E-state index in [9.17, 15) is 4.39 Å². The lowest BCUT2D eigenvalue weighted by atomic mass is 9.97. The number of aryl methyl sites for hydroxylation is 1. The van der Waals surface area contributed by atoms with Gasteiger partial charge in [0.05, 0.1) is 5.71 Å². The Kier molecular flexibility index (Phi) is 5.90. The third-order valence-corrected chi connectivity index (χ3v) is 3.41. The Labute approximate surface area is 125 Å². The van der Waals surface area contributed by atoms with Crippen molar-refractivity contribution < 1.29 is 4.39 Å². The van der Waals surface area contributed by atoms with E-state index in [-0.39, 0.29) is 0 Å². The van der Waals surface area contributed by atoms with Crippen LogP contribution in [0.4, 0.5) is 4.39 Å². The Bertz CT molecular complexity index is 605. The molecule has 0 aliphatic rings. The number of halogens is 2. The first-order valence-electron chi connectivity index (χ1n) is 6.31. The summed E-state index contributed by atoms with van der Waals surface area (Å²) >= 11 is 6.12. The quantitative estimate of drug-likeness (QED) is 0.523. The largest absolute Gasteiger partial charge is 0.287 e. The molecule has 0 amide bonds. The van der Waals surface area contributed by atoms with Crippen molar-refractivity contribution in [1.29, 1.82) is 0 Å². The van der Waals surface area contributed by atoms with Crippen LogP contribution in [0.25, 0.3) is 0 Å². The van der Waals surface area contributed by atoms with Crippen LogP contribution in [0, 0.1) is 6.92 Å². The van der Waals surface area contributed by atoms with Crippen molar-refractivity contribution >= 4 is 17.3 Å². The highest BCUT2D eigenvalue weighted by molar-refractivity contribution is 6.32. The van der Waals surface area contributed by atoms with E-state index in [2.05, 4.69) is 11.6 Å². The topological polar surface area (TPSA) is 12.4 Å². The summed E-state index contributed by atoms with van der Waals surface area (Å²) in [5, 5.41) is 0.494. The van der Waals surface area contributed by atoms with Gasteiger partial charge in [0.15, 0.2) is 0 Å². The van der Waals surface area contributed by atoms with Gasteiger partial charge in [0.1, 0.15) is 5.83 Å². The van der Waals surface area contributed by atoms with Crippen LogP contribution in [-0.4, -0.2) is 12.8 Å². The predicted octanol–water partition coefficient (Wildman–Crippen LogP) is 5.36. The number of benzene rings is 1. The van der Waals surface area contributed by atoms with Crippen molar-refractivity contribution in [3.8, 4) is 0 Å². The van der Waals surface area contributed by atoms with Crippen molar-refractivity contribution in [3.63, 3.8) is 0 Å². The number of rotatable bonds is 4. The van der Waals surface area contributed by atoms with Gasteiger partial charge < -0.3 is 0 Å². The highest BCUT2D eigenvalue weighted by Crippen LogP contribution is 2.23. The predicted molar refractivity (Wildman–Crippen MR) is 86.2 cm³/mol. The minimum absolute atomic E-state index is 0.313. The number of hydrogen-bond acceptors (Lipinski definition) is 1. The molecule has 1 aromatic rings. The summed E-state index contributed by atoms with van der Waals surface area (Å²) in [6.07, 6.45) is 1.58. The molecule has 0 bridgehead atoms. The van der Waals surface area contributed by atoms with Crippen LogP contribution < -0.4 is 0 Å². The van der Waals surface area contributed by atoms with Crippen LogP contribution in [0.5, 0.6) is 0 Å². The van der Waals surface area contributed by atoms with Gasteiger partial charge in [-0.25, -0.2) is 4.39 Å². The van der Waals surface area contributed by atoms with Crippen LogP contribution >= 0.6 is 11.6 Å². The maximum atomic E-state index is 13.8. The van der Waals surface area contributed by atoms with E-state index < -0.39 is 5.83 Å². The summed E-state index contributed by atoms with van der Waals surface area (Å²) in [7, 11) is 1.63. The molecule has 0 fully saturated rings. The lowest BCUT2D eigenvalue weighted by molar-refractivity contribution is 0.664. The van der Waals surface area contributed by atoms with Gasteiger partial charge in [0.2, 0.25) is 0 Å². The zero-order chi connectivity index (χ0) is 15.3. The lowest BCUT2D eigenvalue weighted by Crippen LogP contribution is -2.08. The van der Waals surface area contributed by atoms with Crippen LogP contribution in [0.1, 0.15) is 25.0 Å². The summed E-state index contributed by atoms with van der Waals surface area (Å²) in [6.45, 7) is 9.09. The highest BCUT2D eigenvalue weighted by Gasteiger charge is 2.15. The molecule has 0 N–H and O–H groups in total. The van der Waals surface area contributed by atoms with Gasteiger partial charge in [-0.3, -0.25) is 4.99 Å². The second kappa shape index (κ2) is 7.20. The molecule has 0 atom stereocenters. The second-order valence-electron chi connectivity index (χ2n) is 4.70. The SMILES string of the molecule is C=C(F)/C(=C\C(Cl)=C(C)C)C(=NC)c1ccccc1C. The molecule has 1 rings (SSSR count). The zero-order valence-electron chi connectivity index (χ0n) is 12.3. The summed E-state index contributed by atoms with van der Waals surface area (Å²) in [5.41, 5.74) is 3.67. The molecular weight excluding hydrogens is 273 g/mol. The van der Waals surface area contributed by atoms with Crippen LogP contribution in [0.15, 0.2) is 63.9 Å². The number of hydrogen-bond donors (Lipinski definition) is 0. The molecule has 0 aliphatic heterocycles. The van der Waals surface area contributed by atoms with E-state index in [0.717, 1.165) is 16.7 Å². The highest BCUT2D eigenvalue weighted by atomic mass is 35.5. The van der Waals surface area contributed by atoms with Crippen LogP contribution in [0.2, 0.25) is 0 Å². The lowest BCUT2D eigenvalue weighted by Gasteiger charge is -2.12. The minimum Gasteiger partial charge on any atom is -0.287 e. The number of nitrogens with zero attached hydrogens (tertiary/aromatic N) is 1. The average Bonchev–Trinajstić information content (AvgIpc) is 2.39. The molecule has 1 aromatic carbocycles. The third kappa shape index (κ3) is 3.91. The molecule has 0 radical (unpaired) electrons. The fourth-order valence-corrected chi connectivity index (χ4v) is 1.88. The Morgan fingerprint density at radius 1 is 1.30 bits per heavy atom. The summed E-state index contributed by atoms with van der Waals surface area (Å²) < 4.78 is 13.8. The molecule has 20 heavy (non-hydrogen) atoms. The number of allylic oxidation sites excluding steroid dienone is 5. The van der Waals surface area contributed by atoms with E-state index in [4.69, 9.17) is 11.6 Å². The maximum absolute atomic E-state index is 13.8. The van der Waals surface area contributed by atoms with Crippen LogP contribution in [0.3, 0.4) is 0 Å². The fraction of sp³-hybridized carbons (Fsp3) is 0.235. The molecule has 0 saturated heterocycles. The molecular formula is C17H19ClFN. The number of aliphatic imine (C=N–C) groups is 1. The third-order valence-electron chi connectivity index (χ3n) is 2.92. The van der Waals surface area contributed by atoms with Crippen molar-refractivity contribution in [2.45, 2.75) is 20.8 Å². The van der Waals surface area contributed by atoms with Gasteiger partial charge in [-0.2, -0.15) is 0 Å². The molecule has 0 aromatic heterocycles. The Morgan fingerprint density at radius 2 is 1.90 bits per heavy atom. The van der Waals surface area contributed by atoms with Gasteiger partial charge in [-0.15, -0.1) is 0 Å². The Hall–Kier alpha value is -1.67. The Balaban J connectivity index is 3.45. The molecule has 1 nitrogen and oxygen atoms in total. The Morgan fingerprint density at radius 3 is 2.35 bits per heavy atom. The van der Waals surface area contributed by atoms with Gasteiger partial charge in [-0.1, -0.05) is 48.0 Å². The molecule has 0 unspecified atom stereocenters. The van der Waals surface area contributed by atoms with Crippen molar-refractivity contribution in [2.75, 3.05) is 7.05 Å². The first kappa shape index (κ1) is 16.4. The van der Waals surface area contributed by atoms with E-state index in [1.165, 1.54) is 0 Å². The first-order valence-corrected chi connectivity index (χ1v) is 6.69. The summed E-state index contributed by atoms with van der Waals surface area (Å²) in [5.74, 6) is -0.548. The molecule has 3 heteroatoms. The van der Waals surface area contributed by atoms with E-state index >= 15 is 0 Å². The monoisotopic (exact) mass is 291 g/mol.